The maximum absolute atomic E-state index is 13.2. The first-order valence-corrected chi connectivity index (χ1v) is 13.6. The number of thiophene rings is 1. The Hall–Kier alpha value is -3.69. The number of hydrogen-bond acceptors (Lipinski definition) is 6. The third kappa shape index (κ3) is 6.15. The Balaban J connectivity index is 1.26. The number of benzene rings is 2. The zero-order valence-electron chi connectivity index (χ0n) is 21.6. The van der Waals surface area contributed by atoms with Gasteiger partial charge in [0.25, 0.3) is 5.91 Å². The van der Waals surface area contributed by atoms with Crippen LogP contribution in [-0.2, 0) is 20.1 Å². The minimum atomic E-state index is -0.802. The molecule has 0 spiro atoms. The molecule has 1 amide bonds. The standard InChI is InChI=1S/C30H28ClN3O4S/c1-33(18-25(35)27-13-12-26(38-27)20-6-4-3-5-7-20)16-22-14-23-28(36)24(17-34(2)30(23)39-22)29(37)32-15-19-8-10-21(31)11-9-19/h3-14,17,25,35H,15-16,18H2,1-2H3,(H,32,37). The van der Waals surface area contributed by atoms with Gasteiger partial charge in [-0.05, 0) is 42.9 Å². The van der Waals surface area contributed by atoms with Crippen molar-refractivity contribution in [2.24, 2.45) is 7.05 Å². The molecule has 3 heterocycles. The van der Waals surface area contributed by atoms with Crippen molar-refractivity contribution in [3.63, 3.8) is 0 Å². The zero-order chi connectivity index (χ0) is 27.5. The van der Waals surface area contributed by atoms with E-state index in [1.165, 1.54) is 11.3 Å². The van der Waals surface area contributed by atoms with E-state index in [4.69, 9.17) is 16.0 Å². The lowest BCUT2D eigenvalue weighted by atomic mass is 10.2. The van der Waals surface area contributed by atoms with Crippen molar-refractivity contribution in [3.8, 4) is 11.3 Å². The Morgan fingerprint density at radius 3 is 2.62 bits per heavy atom. The molecule has 0 aliphatic rings. The van der Waals surface area contributed by atoms with Gasteiger partial charge in [0, 0.05) is 48.3 Å². The molecule has 2 aromatic carbocycles. The molecule has 0 bridgehead atoms. The molecule has 0 saturated heterocycles. The molecule has 2 N–H and O–H groups in total. The van der Waals surface area contributed by atoms with E-state index in [1.54, 1.807) is 24.4 Å². The number of furan rings is 1. The number of halogens is 1. The Morgan fingerprint density at radius 2 is 1.87 bits per heavy atom. The zero-order valence-corrected chi connectivity index (χ0v) is 23.1. The van der Waals surface area contributed by atoms with Gasteiger partial charge in [0.1, 0.15) is 28.0 Å². The summed E-state index contributed by atoms with van der Waals surface area (Å²) < 4.78 is 7.70. The third-order valence-corrected chi connectivity index (χ3v) is 7.89. The molecular weight excluding hydrogens is 534 g/mol. The van der Waals surface area contributed by atoms with Crippen LogP contribution in [0.2, 0.25) is 5.02 Å². The minimum Gasteiger partial charge on any atom is -0.458 e. The van der Waals surface area contributed by atoms with Crippen LogP contribution in [0.1, 0.15) is 32.7 Å². The number of fused-ring (bicyclic) bond motifs is 1. The number of aromatic nitrogens is 1. The Labute approximate surface area is 234 Å². The van der Waals surface area contributed by atoms with Gasteiger partial charge in [-0.25, -0.2) is 0 Å². The van der Waals surface area contributed by atoms with E-state index in [0.29, 0.717) is 41.6 Å². The van der Waals surface area contributed by atoms with Crippen molar-refractivity contribution >= 4 is 39.1 Å². The van der Waals surface area contributed by atoms with Crippen molar-refractivity contribution in [2.75, 3.05) is 13.6 Å². The summed E-state index contributed by atoms with van der Waals surface area (Å²) in [4.78, 5) is 29.8. The molecular formula is C30H28ClN3O4S. The summed E-state index contributed by atoms with van der Waals surface area (Å²) in [5, 5.41) is 14.7. The van der Waals surface area contributed by atoms with Crippen molar-refractivity contribution in [1.29, 1.82) is 0 Å². The number of aliphatic hydroxyl groups excluding tert-OH is 1. The smallest absolute Gasteiger partial charge is 0.257 e. The Bertz CT molecular complexity index is 1660. The number of nitrogens with zero attached hydrogens (tertiary/aromatic N) is 2. The van der Waals surface area contributed by atoms with Gasteiger partial charge in [0.2, 0.25) is 5.43 Å². The summed E-state index contributed by atoms with van der Waals surface area (Å²) in [6, 6.07) is 22.4. The summed E-state index contributed by atoms with van der Waals surface area (Å²) in [6.45, 7) is 1.17. The van der Waals surface area contributed by atoms with E-state index in [1.807, 2.05) is 78.2 Å². The quantitative estimate of drug-likeness (QED) is 0.244. The fourth-order valence-corrected chi connectivity index (χ4v) is 5.73. The third-order valence-electron chi connectivity index (χ3n) is 6.43. The summed E-state index contributed by atoms with van der Waals surface area (Å²) in [5.41, 5.74) is 1.64. The molecule has 0 aliphatic carbocycles. The number of amides is 1. The number of carbonyl (C=O) groups excluding carboxylic acids is 1. The SMILES string of the molecule is CN(Cc1cc2c(=O)c(C(=O)NCc3ccc(Cl)cc3)cn(C)c2s1)CC(O)c1ccc(-c2ccccc2)o1. The Morgan fingerprint density at radius 1 is 1.13 bits per heavy atom. The molecule has 39 heavy (non-hydrogen) atoms. The largest absolute Gasteiger partial charge is 0.458 e. The second-order valence-electron chi connectivity index (χ2n) is 9.50. The van der Waals surface area contributed by atoms with Crippen LogP contribution in [0.3, 0.4) is 0 Å². The first-order chi connectivity index (χ1) is 18.8. The summed E-state index contributed by atoms with van der Waals surface area (Å²) in [5.74, 6) is 0.786. The molecule has 0 saturated carbocycles. The van der Waals surface area contributed by atoms with Crippen LogP contribution >= 0.6 is 22.9 Å². The van der Waals surface area contributed by atoms with Crippen LogP contribution < -0.4 is 10.7 Å². The van der Waals surface area contributed by atoms with Crippen molar-refractivity contribution in [3.05, 3.63) is 116 Å². The summed E-state index contributed by atoms with van der Waals surface area (Å²) in [6.07, 6.45) is 0.778. The predicted octanol–water partition coefficient (Wildman–Crippen LogP) is 5.61. The van der Waals surface area contributed by atoms with Gasteiger partial charge in [-0.3, -0.25) is 14.5 Å². The highest BCUT2D eigenvalue weighted by molar-refractivity contribution is 7.18. The van der Waals surface area contributed by atoms with Gasteiger partial charge in [-0.1, -0.05) is 54.1 Å². The number of aryl methyl sites for hydroxylation is 1. The molecule has 5 aromatic rings. The number of likely N-dealkylation sites (N-methyl/N-ethyl adjacent to an activating group) is 1. The topological polar surface area (TPSA) is 87.7 Å². The number of pyridine rings is 1. The lowest BCUT2D eigenvalue weighted by molar-refractivity contribution is 0.0949. The van der Waals surface area contributed by atoms with Crippen LogP contribution in [0, 0.1) is 0 Å². The molecule has 0 fully saturated rings. The second-order valence-corrected chi connectivity index (χ2v) is 11.1. The summed E-state index contributed by atoms with van der Waals surface area (Å²) >= 11 is 7.42. The van der Waals surface area contributed by atoms with Gasteiger partial charge in [0.05, 0.1) is 5.39 Å². The first kappa shape index (κ1) is 26.9. The highest BCUT2D eigenvalue weighted by Gasteiger charge is 2.19. The molecule has 9 heteroatoms. The highest BCUT2D eigenvalue weighted by atomic mass is 35.5. The van der Waals surface area contributed by atoms with Crippen molar-refractivity contribution in [2.45, 2.75) is 19.2 Å². The molecule has 0 radical (unpaired) electrons. The van der Waals surface area contributed by atoms with E-state index in [2.05, 4.69) is 5.32 Å². The first-order valence-electron chi connectivity index (χ1n) is 12.4. The number of hydrogen-bond donors (Lipinski definition) is 2. The lowest BCUT2D eigenvalue weighted by Crippen LogP contribution is -2.29. The second kappa shape index (κ2) is 11.6. The Kier molecular flexibility index (Phi) is 7.99. The maximum Gasteiger partial charge on any atom is 0.257 e. The van der Waals surface area contributed by atoms with Crippen LogP contribution in [0.4, 0.5) is 0 Å². The van der Waals surface area contributed by atoms with Crippen molar-refractivity contribution in [1.82, 2.24) is 14.8 Å². The van der Waals surface area contributed by atoms with Crippen LogP contribution in [-0.4, -0.2) is 34.1 Å². The molecule has 0 aliphatic heterocycles. The average molecular weight is 562 g/mol. The van der Waals surface area contributed by atoms with Gasteiger partial charge >= 0.3 is 0 Å². The normalized spacial score (nSPS) is 12.2. The van der Waals surface area contributed by atoms with Crippen LogP contribution in [0.25, 0.3) is 21.5 Å². The molecule has 3 aromatic heterocycles. The molecule has 7 nitrogen and oxygen atoms in total. The van der Waals surface area contributed by atoms with E-state index in [-0.39, 0.29) is 11.0 Å². The average Bonchev–Trinajstić information content (AvgIpc) is 3.59. The van der Waals surface area contributed by atoms with E-state index < -0.39 is 12.0 Å². The number of rotatable bonds is 9. The van der Waals surface area contributed by atoms with E-state index in [0.717, 1.165) is 20.8 Å². The molecule has 1 unspecified atom stereocenters. The summed E-state index contributed by atoms with van der Waals surface area (Å²) in [7, 11) is 3.73. The van der Waals surface area contributed by atoms with Gasteiger partial charge in [0.15, 0.2) is 0 Å². The predicted molar refractivity (Wildman–Crippen MR) is 155 cm³/mol. The van der Waals surface area contributed by atoms with E-state index in [9.17, 15) is 14.7 Å². The lowest BCUT2D eigenvalue weighted by Gasteiger charge is -2.18. The van der Waals surface area contributed by atoms with Crippen LogP contribution in [0.15, 0.2) is 88.2 Å². The minimum absolute atomic E-state index is 0.0964. The fraction of sp³-hybridized carbons (Fsp3) is 0.200. The fourth-order valence-electron chi connectivity index (χ4n) is 4.44. The molecule has 5 rings (SSSR count). The monoisotopic (exact) mass is 561 g/mol. The highest BCUT2D eigenvalue weighted by Crippen LogP contribution is 2.27. The number of nitrogens with one attached hydrogen (secondary N) is 1. The van der Waals surface area contributed by atoms with Crippen molar-refractivity contribution < 1.29 is 14.3 Å². The van der Waals surface area contributed by atoms with Gasteiger partial charge < -0.3 is 19.4 Å². The maximum atomic E-state index is 13.2. The molecule has 200 valence electrons. The number of aliphatic hydroxyl groups is 1. The van der Waals surface area contributed by atoms with E-state index >= 15 is 0 Å². The van der Waals surface area contributed by atoms with Crippen LogP contribution in [0.5, 0.6) is 0 Å². The molecule has 1 atom stereocenters. The van der Waals surface area contributed by atoms with Gasteiger partial charge in [-0.15, -0.1) is 11.3 Å². The van der Waals surface area contributed by atoms with Gasteiger partial charge in [-0.2, -0.15) is 0 Å². The number of carbonyl (C=O) groups is 1.